The van der Waals surface area contributed by atoms with E-state index < -0.39 is 23.3 Å². The molecule has 8 heteroatoms. The van der Waals surface area contributed by atoms with Gasteiger partial charge in [0.05, 0.1) is 19.2 Å². The third-order valence-corrected chi connectivity index (χ3v) is 4.57. The second-order valence-electron chi connectivity index (χ2n) is 6.08. The molecule has 0 fully saturated rings. The number of benzene rings is 2. The monoisotopic (exact) mass is 414 g/mol. The second kappa shape index (κ2) is 8.70. The van der Waals surface area contributed by atoms with Gasteiger partial charge in [0.2, 0.25) is 0 Å². The third kappa shape index (κ3) is 4.52. The lowest BCUT2D eigenvalue weighted by atomic mass is 10.2. The molecule has 6 nitrogen and oxygen atoms in total. The maximum Gasteiger partial charge on any atom is 0.337 e. The number of carbonyl (C=O) groups is 2. The molecule has 1 aromatic heterocycles. The highest BCUT2D eigenvalue weighted by Crippen LogP contribution is 2.19. The van der Waals surface area contributed by atoms with Crippen molar-refractivity contribution in [2.24, 2.45) is 0 Å². The maximum atomic E-state index is 14.0. The number of nitrogens with zero attached hydrogens (tertiary/aromatic N) is 1. The molecule has 0 bridgehead atoms. The molecule has 0 saturated heterocycles. The van der Waals surface area contributed by atoms with Crippen LogP contribution in [0.5, 0.6) is 0 Å². The first-order valence-electron chi connectivity index (χ1n) is 8.53. The molecular weight excluding hydrogens is 399 g/mol. The highest BCUT2D eigenvalue weighted by molar-refractivity contribution is 6.31. The van der Waals surface area contributed by atoms with Crippen LogP contribution in [0.3, 0.4) is 0 Å². The van der Waals surface area contributed by atoms with Crippen molar-refractivity contribution in [3.63, 3.8) is 0 Å². The minimum atomic E-state index is -0.630. The smallest absolute Gasteiger partial charge is 0.337 e. The van der Waals surface area contributed by atoms with Crippen molar-refractivity contribution >= 4 is 29.2 Å². The molecule has 1 heterocycles. The number of aromatic nitrogens is 1. The van der Waals surface area contributed by atoms with Crippen LogP contribution in [0.25, 0.3) is 0 Å². The number of ether oxygens (including phenoxy) is 1. The van der Waals surface area contributed by atoms with Crippen LogP contribution in [-0.2, 0) is 11.3 Å². The normalized spacial score (nSPS) is 10.4. The number of methoxy groups -OCH3 is 1. The lowest BCUT2D eigenvalue weighted by Gasteiger charge is -2.11. The van der Waals surface area contributed by atoms with Gasteiger partial charge in [0.25, 0.3) is 11.5 Å². The first-order valence-corrected chi connectivity index (χ1v) is 8.90. The third-order valence-electron chi connectivity index (χ3n) is 4.22. The molecule has 0 aliphatic heterocycles. The van der Waals surface area contributed by atoms with Gasteiger partial charge in [-0.2, -0.15) is 0 Å². The van der Waals surface area contributed by atoms with Crippen LogP contribution >= 0.6 is 11.6 Å². The number of hydrogen-bond acceptors (Lipinski definition) is 4. The molecule has 0 aliphatic carbocycles. The number of esters is 1. The average molecular weight is 415 g/mol. The van der Waals surface area contributed by atoms with E-state index in [1.54, 1.807) is 0 Å². The fourth-order valence-corrected chi connectivity index (χ4v) is 2.92. The Labute approximate surface area is 170 Å². The summed E-state index contributed by atoms with van der Waals surface area (Å²) in [6, 6.07) is 13.2. The molecule has 1 amide bonds. The number of nitrogens with one attached hydrogen (secondary N) is 1. The van der Waals surface area contributed by atoms with Crippen LogP contribution in [0.2, 0.25) is 5.02 Å². The average Bonchev–Trinajstić information content (AvgIpc) is 2.72. The molecule has 3 aromatic rings. The van der Waals surface area contributed by atoms with Crippen LogP contribution in [0, 0.1) is 5.82 Å². The Morgan fingerprint density at radius 3 is 2.48 bits per heavy atom. The molecule has 1 N–H and O–H groups in total. The van der Waals surface area contributed by atoms with E-state index in [-0.39, 0.29) is 22.7 Å². The zero-order chi connectivity index (χ0) is 21.0. The van der Waals surface area contributed by atoms with Gasteiger partial charge in [-0.15, -0.1) is 0 Å². The largest absolute Gasteiger partial charge is 0.465 e. The Balaban J connectivity index is 1.82. The summed E-state index contributed by atoms with van der Waals surface area (Å²) < 4.78 is 19.8. The molecule has 29 heavy (non-hydrogen) atoms. The van der Waals surface area contributed by atoms with Crippen LogP contribution in [-0.4, -0.2) is 23.6 Å². The molecule has 148 valence electrons. The van der Waals surface area contributed by atoms with E-state index >= 15 is 0 Å². The predicted molar refractivity (Wildman–Crippen MR) is 107 cm³/mol. The fourth-order valence-electron chi connectivity index (χ4n) is 2.69. The van der Waals surface area contributed by atoms with Crippen LogP contribution < -0.4 is 10.9 Å². The summed E-state index contributed by atoms with van der Waals surface area (Å²) in [5.41, 5.74) is 0.184. The highest BCUT2D eigenvalue weighted by Gasteiger charge is 2.15. The number of amides is 1. The van der Waals surface area contributed by atoms with Crippen LogP contribution in [0.1, 0.15) is 26.3 Å². The topological polar surface area (TPSA) is 77.4 Å². The zero-order valence-electron chi connectivity index (χ0n) is 15.3. The van der Waals surface area contributed by atoms with Crippen molar-refractivity contribution in [1.29, 1.82) is 0 Å². The van der Waals surface area contributed by atoms with Crippen LogP contribution in [0.15, 0.2) is 65.6 Å². The van der Waals surface area contributed by atoms with E-state index in [1.807, 2.05) is 0 Å². The van der Waals surface area contributed by atoms with Gasteiger partial charge in [-0.3, -0.25) is 9.59 Å². The Kier molecular flexibility index (Phi) is 6.09. The standard InChI is InChI=1S/C21H16ClFN2O4/c1-29-21(28)13-7-9-14(10-8-13)24-19(26)15-4-3-11-25(20(15)27)12-16-17(22)5-2-6-18(16)23/h2-11H,12H2,1H3,(H,24,26). The Morgan fingerprint density at radius 1 is 1.10 bits per heavy atom. The van der Waals surface area contributed by atoms with Gasteiger partial charge in [-0.1, -0.05) is 17.7 Å². The molecule has 2 aromatic carbocycles. The highest BCUT2D eigenvalue weighted by atomic mass is 35.5. The van der Waals surface area contributed by atoms with E-state index in [4.69, 9.17) is 11.6 Å². The quantitative estimate of drug-likeness (QED) is 0.645. The van der Waals surface area contributed by atoms with Crippen molar-refractivity contribution in [2.45, 2.75) is 6.54 Å². The van der Waals surface area contributed by atoms with E-state index in [1.165, 1.54) is 72.5 Å². The Bertz CT molecular complexity index is 1110. The summed E-state index contributed by atoms with van der Waals surface area (Å²) in [6.07, 6.45) is 1.45. The van der Waals surface area contributed by atoms with Gasteiger partial charge < -0.3 is 14.6 Å². The first-order chi connectivity index (χ1) is 13.9. The summed E-state index contributed by atoms with van der Waals surface area (Å²) in [5.74, 6) is -1.67. The summed E-state index contributed by atoms with van der Waals surface area (Å²) in [6.45, 7) is -0.112. The molecule has 0 unspecified atom stereocenters. The summed E-state index contributed by atoms with van der Waals surface area (Å²) in [4.78, 5) is 36.7. The van der Waals surface area contributed by atoms with Crippen molar-refractivity contribution in [3.8, 4) is 0 Å². The number of carbonyl (C=O) groups excluding carboxylic acids is 2. The molecule has 0 radical (unpaired) electrons. The summed E-state index contributed by atoms with van der Waals surface area (Å²) in [7, 11) is 1.27. The first kappa shape index (κ1) is 20.3. The maximum absolute atomic E-state index is 14.0. The van der Waals surface area contributed by atoms with E-state index in [9.17, 15) is 18.8 Å². The van der Waals surface area contributed by atoms with Crippen molar-refractivity contribution < 1.29 is 18.7 Å². The van der Waals surface area contributed by atoms with Gasteiger partial charge in [0, 0.05) is 22.5 Å². The Morgan fingerprint density at radius 2 is 1.83 bits per heavy atom. The number of halogens is 2. The molecule has 0 spiro atoms. The van der Waals surface area contributed by atoms with Gasteiger partial charge in [0.15, 0.2) is 0 Å². The van der Waals surface area contributed by atoms with Gasteiger partial charge in [0.1, 0.15) is 11.4 Å². The minimum absolute atomic E-state index is 0.112. The molecular formula is C21H16ClFN2O4. The van der Waals surface area contributed by atoms with Crippen LogP contribution in [0.4, 0.5) is 10.1 Å². The fraction of sp³-hybridized carbons (Fsp3) is 0.0952. The van der Waals surface area contributed by atoms with Gasteiger partial charge in [-0.25, -0.2) is 9.18 Å². The Hall–Kier alpha value is -3.45. The number of anilines is 1. The summed E-state index contributed by atoms with van der Waals surface area (Å²) >= 11 is 6.02. The van der Waals surface area contributed by atoms with Gasteiger partial charge >= 0.3 is 5.97 Å². The van der Waals surface area contributed by atoms with Gasteiger partial charge in [-0.05, 0) is 48.5 Å². The van der Waals surface area contributed by atoms with E-state index in [2.05, 4.69) is 10.1 Å². The molecule has 0 atom stereocenters. The second-order valence-corrected chi connectivity index (χ2v) is 6.49. The molecule has 0 aliphatic rings. The van der Waals surface area contributed by atoms with E-state index in [0.29, 0.717) is 11.3 Å². The lowest BCUT2D eigenvalue weighted by molar-refractivity contribution is 0.0600. The number of rotatable bonds is 5. The predicted octanol–water partition coefficient (Wildman–Crippen LogP) is 3.73. The van der Waals surface area contributed by atoms with E-state index in [0.717, 1.165) is 0 Å². The van der Waals surface area contributed by atoms with Crippen molar-refractivity contribution in [1.82, 2.24) is 4.57 Å². The zero-order valence-corrected chi connectivity index (χ0v) is 16.1. The molecule has 0 saturated carbocycles. The lowest BCUT2D eigenvalue weighted by Crippen LogP contribution is -2.29. The number of hydrogen-bond donors (Lipinski definition) is 1. The van der Waals surface area contributed by atoms with Crippen molar-refractivity contribution in [2.75, 3.05) is 12.4 Å². The number of pyridine rings is 1. The summed E-state index contributed by atoms with van der Waals surface area (Å²) in [5, 5.41) is 2.78. The SMILES string of the molecule is COC(=O)c1ccc(NC(=O)c2cccn(Cc3c(F)cccc3Cl)c2=O)cc1. The van der Waals surface area contributed by atoms with Crippen molar-refractivity contribution in [3.05, 3.63) is 98.7 Å². The molecule has 3 rings (SSSR count). The minimum Gasteiger partial charge on any atom is -0.465 e.